The Hall–Kier alpha value is -1.26. The lowest BCUT2D eigenvalue weighted by Crippen LogP contribution is -2.56. The maximum Gasteiger partial charge on any atom is 0.119 e. The van der Waals surface area contributed by atoms with Crippen molar-refractivity contribution in [3.8, 4) is 11.5 Å². The van der Waals surface area contributed by atoms with E-state index in [0.717, 1.165) is 44.2 Å². The predicted octanol–water partition coefficient (Wildman–Crippen LogP) is 1.50. The standard InChI is InChI=1S/C14H22N2O2/c1-2-8-17-13-3-5-14(6-4-13)18-9-7-16-10-12(15)11-16/h3-6,12H,2,7-11,15H2,1H3. The molecule has 4 nitrogen and oxygen atoms in total. The average molecular weight is 250 g/mol. The molecule has 1 heterocycles. The number of rotatable bonds is 7. The van der Waals surface area contributed by atoms with Crippen molar-refractivity contribution in [2.75, 3.05) is 32.8 Å². The topological polar surface area (TPSA) is 47.7 Å². The van der Waals surface area contributed by atoms with Gasteiger partial charge in [-0.25, -0.2) is 0 Å². The first-order chi connectivity index (χ1) is 8.78. The number of nitrogens with zero attached hydrogens (tertiary/aromatic N) is 1. The monoisotopic (exact) mass is 250 g/mol. The number of benzene rings is 1. The van der Waals surface area contributed by atoms with E-state index in [4.69, 9.17) is 15.2 Å². The van der Waals surface area contributed by atoms with Crippen molar-refractivity contribution in [2.45, 2.75) is 19.4 Å². The van der Waals surface area contributed by atoms with Crippen molar-refractivity contribution in [2.24, 2.45) is 5.73 Å². The number of hydrogen-bond acceptors (Lipinski definition) is 4. The summed E-state index contributed by atoms with van der Waals surface area (Å²) in [5.41, 5.74) is 5.71. The van der Waals surface area contributed by atoms with E-state index < -0.39 is 0 Å². The summed E-state index contributed by atoms with van der Waals surface area (Å²) in [6.45, 7) is 6.50. The third-order valence-electron chi connectivity index (χ3n) is 2.96. The van der Waals surface area contributed by atoms with Crippen LogP contribution in [-0.4, -0.2) is 43.8 Å². The normalized spacial score (nSPS) is 16.3. The Labute approximate surface area is 109 Å². The fraction of sp³-hybridized carbons (Fsp3) is 0.571. The maximum absolute atomic E-state index is 5.71. The van der Waals surface area contributed by atoms with Crippen molar-refractivity contribution in [1.82, 2.24) is 4.90 Å². The molecule has 4 heteroatoms. The average Bonchev–Trinajstić information content (AvgIpc) is 2.35. The summed E-state index contributed by atoms with van der Waals surface area (Å²) in [4.78, 5) is 2.30. The molecule has 1 aromatic carbocycles. The molecule has 2 rings (SSSR count). The van der Waals surface area contributed by atoms with Crippen LogP contribution in [0.4, 0.5) is 0 Å². The molecule has 0 saturated carbocycles. The molecule has 2 N–H and O–H groups in total. The molecule has 1 aliphatic rings. The summed E-state index contributed by atoms with van der Waals surface area (Å²) < 4.78 is 11.2. The van der Waals surface area contributed by atoms with E-state index in [1.807, 2.05) is 24.3 Å². The number of likely N-dealkylation sites (tertiary alicyclic amines) is 1. The highest BCUT2D eigenvalue weighted by molar-refractivity contribution is 5.31. The highest BCUT2D eigenvalue weighted by Gasteiger charge is 2.21. The molecule has 0 radical (unpaired) electrons. The summed E-state index contributed by atoms with van der Waals surface area (Å²) in [6.07, 6.45) is 1.02. The van der Waals surface area contributed by atoms with Gasteiger partial charge in [-0.15, -0.1) is 0 Å². The van der Waals surface area contributed by atoms with Gasteiger partial charge in [0.25, 0.3) is 0 Å². The second-order valence-corrected chi connectivity index (χ2v) is 4.69. The molecule has 0 atom stereocenters. The second kappa shape index (κ2) is 6.61. The van der Waals surface area contributed by atoms with Gasteiger partial charge in [0.05, 0.1) is 6.61 Å². The number of ether oxygens (including phenoxy) is 2. The molecular formula is C14H22N2O2. The minimum absolute atomic E-state index is 0.361. The molecule has 1 aliphatic heterocycles. The summed E-state index contributed by atoms with van der Waals surface area (Å²) in [7, 11) is 0. The van der Waals surface area contributed by atoms with Crippen LogP contribution >= 0.6 is 0 Å². The van der Waals surface area contributed by atoms with Gasteiger partial charge in [0.15, 0.2) is 0 Å². The fourth-order valence-corrected chi connectivity index (χ4v) is 1.94. The Morgan fingerprint density at radius 1 is 1.11 bits per heavy atom. The summed E-state index contributed by atoms with van der Waals surface area (Å²) >= 11 is 0. The summed E-state index contributed by atoms with van der Waals surface area (Å²) in [6, 6.07) is 8.16. The smallest absolute Gasteiger partial charge is 0.119 e. The third-order valence-corrected chi connectivity index (χ3v) is 2.96. The predicted molar refractivity (Wildman–Crippen MR) is 72.1 cm³/mol. The fourth-order valence-electron chi connectivity index (χ4n) is 1.94. The Kier molecular flexibility index (Phi) is 4.84. The highest BCUT2D eigenvalue weighted by Crippen LogP contribution is 2.17. The van der Waals surface area contributed by atoms with Gasteiger partial charge in [0, 0.05) is 25.7 Å². The Bertz CT molecular complexity index is 347. The first-order valence-corrected chi connectivity index (χ1v) is 6.61. The molecular weight excluding hydrogens is 228 g/mol. The molecule has 0 aliphatic carbocycles. The van der Waals surface area contributed by atoms with Gasteiger partial charge < -0.3 is 15.2 Å². The van der Waals surface area contributed by atoms with Crippen molar-refractivity contribution in [3.63, 3.8) is 0 Å². The van der Waals surface area contributed by atoms with Gasteiger partial charge in [-0.1, -0.05) is 6.92 Å². The van der Waals surface area contributed by atoms with Crippen LogP contribution in [0, 0.1) is 0 Å². The van der Waals surface area contributed by atoms with Crippen molar-refractivity contribution in [3.05, 3.63) is 24.3 Å². The van der Waals surface area contributed by atoms with Crippen LogP contribution in [0.3, 0.4) is 0 Å². The molecule has 0 amide bonds. The van der Waals surface area contributed by atoms with E-state index in [2.05, 4.69) is 11.8 Å². The van der Waals surface area contributed by atoms with Gasteiger partial charge in [0.1, 0.15) is 18.1 Å². The van der Waals surface area contributed by atoms with Gasteiger partial charge in [-0.3, -0.25) is 4.90 Å². The molecule has 1 fully saturated rings. The van der Waals surface area contributed by atoms with Crippen LogP contribution in [0.1, 0.15) is 13.3 Å². The van der Waals surface area contributed by atoms with Crippen LogP contribution < -0.4 is 15.2 Å². The SMILES string of the molecule is CCCOc1ccc(OCCN2CC(N)C2)cc1. The zero-order valence-electron chi connectivity index (χ0n) is 11.0. The number of nitrogens with two attached hydrogens (primary N) is 1. The zero-order valence-corrected chi connectivity index (χ0v) is 11.0. The van der Waals surface area contributed by atoms with Gasteiger partial charge in [0.2, 0.25) is 0 Å². The Balaban J connectivity index is 1.66. The van der Waals surface area contributed by atoms with E-state index >= 15 is 0 Å². The van der Waals surface area contributed by atoms with Crippen LogP contribution in [0.2, 0.25) is 0 Å². The summed E-state index contributed by atoms with van der Waals surface area (Å²) in [5, 5.41) is 0. The van der Waals surface area contributed by atoms with E-state index in [-0.39, 0.29) is 0 Å². The number of hydrogen-bond donors (Lipinski definition) is 1. The lowest BCUT2D eigenvalue weighted by molar-refractivity contribution is 0.124. The van der Waals surface area contributed by atoms with Gasteiger partial charge in [-0.2, -0.15) is 0 Å². The minimum Gasteiger partial charge on any atom is -0.494 e. The molecule has 0 unspecified atom stereocenters. The molecule has 100 valence electrons. The second-order valence-electron chi connectivity index (χ2n) is 4.69. The van der Waals surface area contributed by atoms with E-state index in [1.54, 1.807) is 0 Å². The molecule has 1 aromatic rings. The first-order valence-electron chi connectivity index (χ1n) is 6.61. The Morgan fingerprint density at radius 3 is 2.17 bits per heavy atom. The molecule has 0 bridgehead atoms. The van der Waals surface area contributed by atoms with Crippen molar-refractivity contribution in [1.29, 1.82) is 0 Å². The summed E-state index contributed by atoms with van der Waals surface area (Å²) in [5.74, 6) is 1.79. The first kappa shape index (κ1) is 13.2. The van der Waals surface area contributed by atoms with E-state index in [0.29, 0.717) is 12.6 Å². The van der Waals surface area contributed by atoms with Crippen LogP contribution in [0.25, 0.3) is 0 Å². The van der Waals surface area contributed by atoms with Gasteiger partial charge >= 0.3 is 0 Å². The zero-order chi connectivity index (χ0) is 12.8. The van der Waals surface area contributed by atoms with Gasteiger partial charge in [-0.05, 0) is 30.7 Å². The molecule has 0 aromatic heterocycles. The van der Waals surface area contributed by atoms with E-state index in [9.17, 15) is 0 Å². The molecule has 1 saturated heterocycles. The van der Waals surface area contributed by atoms with Crippen LogP contribution in [-0.2, 0) is 0 Å². The van der Waals surface area contributed by atoms with Crippen LogP contribution in [0.15, 0.2) is 24.3 Å². The highest BCUT2D eigenvalue weighted by atomic mass is 16.5. The van der Waals surface area contributed by atoms with Crippen molar-refractivity contribution < 1.29 is 9.47 Å². The quantitative estimate of drug-likeness (QED) is 0.796. The lowest BCUT2D eigenvalue weighted by atomic mass is 10.1. The third kappa shape index (κ3) is 3.89. The lowest BCUT2D eigenvalue weighted by Gasteiger charge is -2.36. The van der Waals surface area contributed by atoms with Crippen LogP contribution in [0.5, 0.6) is 11.5 Å². The Morgan fingerprint density at radius 2 is 1.67 bits per heavy atom. The maximum atomic E-state index is 5.71. The molecule has 18 heavy (non-hydrogen) atoms. The largest absolute Gasteiger partial charge is 0.494 e. The molecule has 0 spiro atoms. The van der Waals surface area contributed by atoms with Crippen molar-refractivity contribution >= 4 is 0 Å². The van der Waals surface area contributed by atoms with E-state index in [1.165, 1.54) is 0 Å². The minimum atomic E-state index is 0.361.